The molecular weight excluding hydrogens is 333 g/mol. The number of pyridine rings is 1. The minimum Gasteiger partial charge on any atom is -0.496 e. The van der Waals surface area contributed by atoms with Crippen molar-refractivity contribution in [2.24, 2.45) is 0 Å². The van der Waals surface area contributed by atoms with Crippen LogP contribution in [-0.4, -0.2) is 50.1 Å². The quantitative estimate of drug-likeness (QED) is 0.842. The number of amides is 1. The fraction of sp³-hybridized carbons (Fsp3) is 0.400. The van der Waals surface area contributed by atoms with Gasteiger partial charge in [-0.25, -0.2) is 9.37 Å². The van der Waals surface area contributed by atoms with Gasteiger partial charge in [-0.05, 0) is 48.7 Å². The average Bonchev–Trinajstić information content (AvgIpc) is 2.67. The Hall–Kier alpha value is -2.63. The van der Waals surface area contributed by atoms with Crippen molar-refractivity contribution in [2.45, 2.75) is 18.8 Å². The Morgan fingerprint density at radius 1 is 1.31 bits per heavy atom. The lowest BCUT2D eigenvalue weighted by molar-refractivity contribution is 0.0703. The van der Waals surface area contributed by atoms with Crippen molar-refractivity contribution in [3.05, 3.63) is 53.5 Å². The molecule has 1 aliphatic rings. The number of aromatic nitrogens is 1. The van der Waals surface area contributed by atoms with Gasteiger partial charge >= 0.3 is 0 Å². The zero-order chi connectivity index (χ0) is 18.7. The van der Waals surface area contributed by atoms with Crippen LogP contribution in [0.15, 0.2) is 36.5 Å². The zero-order valence-corrected chi connectivity index (χ0v) is 15.4. The minimum absolute atomic E-state index is 0.187. The highest BCUT2D eigenvalue weighted by molar-refractivity contribution is 5.97. The number of carbonyl (C=O) groups is 1. The Labute approximate surface area is 153 Å². The van der Waals surface area contributed by atoms with E-state index in [1.165, 1.54) is 30.9 Å². The van der Waals surface area contributed by atoms with Gasteiger partial charge in [-0.3, -0.25) is 4.79 Å². The van der Waals surface area contributed by atoms with Crippen LogP contribution in [0.5, 0.6) is 5.75 Å². The highest BCUT2D eigenvalue weighted by Gasteiger charge is 2.27. The topological polar surface area (TPSA) is 45.7 Å². The number of likely N-dealkylation sites (tertiary alicyclic amines) is 1. The van der Waals surface area contributed by atoms with Crippen LogP contribution in [0.25, 0.3) is 0 Å². The molecule has 0 N–H and O–H groups in total. The van der Waals surface area contributed by atoms with Gasteiger partial charge < -0.3 is 14.5 Å². The van der Waals surface area contributed by atoms with Crippen molar-refractivity contribution in [1.29, 1.82) is 0 Å². The predicted octanol–water partition coefficient (Wildman–Crippen LogP) is 3.32. The Balaban J connectivity index is 1.81. The van der Waals surface area contributed by atoms with Crippen molar-refractivity contribution < 1.29 is 13.9 Å². The second-order valence-corrected chi connectivity index (χ2v) is 6.78. The molecule has 0 bridgehead atoms. The number of ether oxygens (including phenoxy) is 1. The molecule has 0 spiro atoms. The van der Waals surface area contributed by atoms with E-state index in [1.807, 2.05) is 25.1 Å². The fourth-order valence-corrected chi connectivity index (χ4v) is 3.38. The second kappa shape index (κ2) is 7.72. The fourth-order valence-electron chi connectivity index (χ4n) is 3.38. The lowest BCUT2D eigenvalue weighted by Crippen LogP contribution is -2.39. The Morgan fingerprint density at radius 3 is 2.85 bits per heavy atom. The first-order chi connectivity index (χ1) is 12.5. The molecule has 0 saturated carbocycles. The van der Waals surface area contributed by atoms with Gasteiger partial charge in [-0.15, -0.1) is 0 Å². The average molecular weight is 357 g/mol. The molecule has 1 fully saturated rings. The van der Waals surface area contributed by atoms with E-state index in [4.69, 9.17) is 4.74 Å². The highest BCUT2D eigenvalue weighted by atomic mass is 19.1. The number of benzene rings is 1. The molecule has 2 aromatic rings. The maximum atomic E-state index is 13.6. The number of hydrogen-bond donors (Lipinski definition) is 0. The zero-order valence-electron chi connectivity index (χ0n) is 15.4. The van der Waals surface area contributed by atoms with E-state index in [9.17, 15) is 9.18 Å². The third-order valence-corrected chi connectivity index (χ3v) is 4.80. The van der Waals surface area contributed by atoms with Crippen LogP contribution < -0.4 is 9.64 Å². The summed E-state index contributed by atoms with van der Waals surface area (Å²) in [5.74, 6) is 0.921. The minimum atomic E-state index is -0.438. The molecule has 1 aromatic heterocycles. The number of nitrogens with zero attached hydrogens (tertiary/aromatic N) is 3. The van der Waals surface area contributed by atoms with Crippen molar-refractivity contribution in [2.75, 3.05) is 39.2 Å². The van der Waals surface area contributed by atoms with Gasteiger partial charge in [0.15, 0.2) is 0 Å². The van der Waals surface area contributed by atoms with E-state index >= 15 is 0 Å². The molecule has 1 aromatic carbocycles. The van der Waals surface area contributed by atoms with E-state index in [1.54, 1.807) is 11.1 Å². The van der Waals surface area contributed by atoms with E-state index < -0.39 is 5.82 Å². The van der Waals surface area contributed by atoms with Crippen LogP contribution in [0.3, 0.4) is 0 Å². The van der Waals surface area contributed by atoms with Gasteiger partial charge in [-0.1, -0.05) is 0 Å². The van der Waals surface area contributed by atoms with Gasteiger partial charge in [0.1, 0.15) is 17.4 Å². The molecule has 0 radical (unpaired) electrons. The van der Waals surface area contributed by atoms with Crippen LogP contribution in [0, 0.1) is 5.82 Å². The third kappa shape index (κ3) is 3.79. The third-order valence-electron chi connectivity index (χ3n) is 4.80. The van der Waals surface area contributed by atoms with E-state index in [2.05, 4.69) is 11.1 Å². The van der Waals surface area contributed by atoms with Crippen molar-refractivity contribution in [1.82, 2.24) is 9.88 Å². The van der Waals surface area contributed by atoms with Gasteiger partial charge in [-0.2, -0.15) is 0 Å². The number of halogens is 1. The van der Waals surface area contributed by atoms with E-state index in [0.717, 1.165) is 18.7 Å². The van der Waals surface area contributed by atoms with E-state index in [-0.39, 0.29) is 17.4 Å². The predicted molar refractivity (Wildman–Crippen MR) is 99.4 cm³/mol. The number of carbonyl (C=O) groups excluding carboxylic acids is 1. The van der Waals surface area contributed by atoms with Crippen LogP contribution >= 0.6 is 0 Å². The highest BCUT2D eigenvalue weighted by Crippen LogP contribution is 2.30. The summed E-state index contributed by atoms with van der Waals surface area (Å²) in [6.45, 7) is 1.27. The van der Waals surface area contributed by atoms with Gasteiger partial charge in [0.25, 0.3) is 5.91 Å². The summed E-state index contributed by atoms with van der Waals surface area (Å²) in [4.78, 5) is 21.1. The molecule has 26 heavy (non-hydrogen) atoms. The van der Waals surface area contributed by atoms with Gasteiger partial charge in [0.2, 0.25) is 0 Å². The van der Waals surface area contributed by atoms with Crippen molar-refractivity contribution in [3.8, 4) is 5.75 Å². The largest absolute Gasteiger partial charge is 0.496 e. The normalized spacial score (nSPS) is 17.1. The van der Waals surface area contributed by atoms with Gasteiger partial charge in [0.05, 0.1) is 12.7 Å². The second-order valence-electron chi connectivity index (χ2n) is 6.78. The summed E-state index contributed by atoms with van der Waals surface area (Å²) in [5.41, 5.74) is 1.45. The molecular formula is C20H24FN3O2. The molecule has 3 rings (SSSR count). The Bertz CT molecular complexity index is 794. The number of rotatable bonds is 4. The molecule has 5 nitrogen and oxygen atoms in total. The summed E-state index contributed by atoms with van der Waals surface area (Å²) >= 11 is 0. The number of anilines is 1. The smallest absolute Gasteiger partial charge is 0.257 e. The van der Waals surface area contributed by atoms with Crippen LogP contribution in [0.2, 0.25) is 0 Å². The maximum absolute atomic E-state index is 13.6. The first kappa shape index (κ1) is 18.2. The molecule has 2 heterocycles. The van der Waals surface area contributed by atoms with Gasteiger partial charge in [0, 0.05) is 39.3 Å². The lowest BCUT2D eigenvalue weighted by Gasteiger charge is -2.33. The summed E-state index contributed by atoms with van der Waals surface area (Å²) in [6.07, 6.45) is 3.73. The summed E-state index contributed by atoms with van der Waals surface area (Å²) in [6, 6.07) is 8.13. The van der Waals surface area contributed by atoms with Crippen LogP contribution in [0.1, 0.15) is 34.7 Å². The Kier molecular flexibility index (Phi) is 5.40. The van der Waals surface area contributed by atoms with Crippen LogP contribution in [-0.2, 0) is 0 Å². The van der Waals surface area contributed by atoms with E-state index in [0.29, 0.717) is 18.8 Å². The Morgan fingerprint density at radius 2 is 2.12 bits per heavy atom. The summed E-state index contributed by atoms with van der Waals surface area (Å²) in [5, 5.41) is 0. The summed E-state index contributed by atoms with van der Waals surface area (Å²) < 4.78 is 18.9. The molecule has 1 saturated heterocycles. The maximum Gasteiger partial charge on any atom is 0.257 e. The lowest BCUT2D eigenvalue weighted by atomic mass is 9.90. The molecule has 0 aliphatic carbocycles. The standard InChI is InChI=1S/C20H24FN3O2/c1-23(2)19-11-14(8-9-22-19)15-5-4-10-24(13-15)20(25)17-12-16(21)6-7-18(17)26-3/h6-9,11-12,15H,4-5,10,13H2,1-3H3. The monoisotopic (exact) mass is 357 g/mol. The van der Waals surface area contributed by atoms with Crippen molar-refractivity contribution >= 4 is 11.7 Å². The first-order valence-corrected chi connectivity index (χ1v) is 8.75. The SMILES string of the molecule is COc1ccc(F)cc1C(=O)N1CCCC(c2ccnc(N(C)C)c2)C1. The number of hydrogen-bond acceptors (Lipinski definition) is 4. The van der Waals surface area contributed by atoms with Crippen LogP contribution in [0.4, 0.5) is 10.2 Å². The number of piperidine rings is 1. The molecule has 6 heteroatoms. The first-order valence-electron chi connectivity index (χ1n) is 8.75. The molecule has 138 valence electrons. The van der Waals surface area contributed by atoms with Crippen molar-refractivity contribution in [3.63, 3.8) is 0 Å². The molecule has 1 amide bonds. The molecule has 1 unspecified atom stereocenters. The molecule has 1 atom stereocenters. The molecule has 1 aliphatic heterocycles. The summed E-state index contributed by atoms with van der Waals surface area (Å²) in [7, 11) is 5.40. The number of methoxy groups -OCH3 is 1.